The maximum absolute atomic E-state index is 5.44. The summed E-state index contributed by atoms with van der Waals surface area (Å²) >= 11 is 0. The van der Waals surface area contributed by atoms with Crippen LogP contribution in [0.3, 0.4) is 0 Å². The quantitative estimate of drug-likeness (QED) is 0.587. The number of ether oxygens (including phenoxy) is 2. The topological polar surface area (TPSA) is 68.3 Å². The third-order valence-corrected chi connectivity index (χ3v) is 4.26. The molecule has 0 amide bonds. The van der Waals surface area contributed by atoms with Gasteiger partial charge in [0.15, 0.2) is 11.5 Å². The molecule has 138 valence electrons. The molecule has 0 saturated carbocycles. The maximum Gasteiger partial charge on any atom is 0.231 e. The van der Waals surface area contributed by atoms with Gasteiger partial charge in [0.25, 0.3) is 0 Å². The first-order valence-electron chi connectivity index (χ1n) is 9.17. The normalized spacial score (nSPS) is 12.0. The fraction of sp³-hybridized carbons (Fsp3) is 0.238. The minimum absolute atomic E-state index is 0.254. The van der Waals surface area contributed by atoms with Crippen molar-refractivity contribution < 1.29 is 9.47 Å². The molecule has 0 unspecified atom stereocenters. The van der Waals surface area contributed by atoms with Crippen molar-refractivity contribution in [3.05, 3.63) is 54.6 Å². The van der Waals surface area contributed by atoms with Gasteiger partial charge in [-0.3, -0.25) is 0 Å². The van der Waals surface area contributed by atoms with Gasteiger partial charge in [-0.2, -0.15) is 4.98 Å². The van der Waals surface area contributed by atoms with Gasteiger partial charge in [0, 0.05) is 29.9 Å². The molecule has 0 saturated heterocycles. The molecule has 0 atom stereocenters. The summed E-state index contributed by atoms with van der Waals surface area (Å²) in [7, 11) is 0. The fourth-order valence-electron chi connectivity index (χ4n) is 2.85. The number of nitrogens with one attached hydrogen (secondary N) is 2. The van der Waals surface area contributed by atoms with Crippen molar-refractivity contribution in [2.75, 3.05) is 24.0 Å². The molecule has 0 bridgehead atoms. The van der Waals surface area contributed by atoms with Gasteiger partial charge in [-0.15, -0.1) is 0 Å². The molecule has 1 aliphatic rings. The number of rotatable bonds is 7. The predicted octanol–water partition coefficient (Wildman–Crippen LogP) is 4.83. The van der Waals surface area contributed by atoms with E-state index in [-0.39, 0.29) is 6.79 Å². The smallest absolute Gasteiger partial charge is 0.231 e. The largest absolute Gasteiger partial charge is 0.454 e. The van der Waals surface area contributed by atoms with Crippen molar-refractivity contribution in [2.24, 2.45) is 0 Å². The minimum atomic E-state index is 0.254. The van der Waals surface area contributed by atoms with Crippen molar-refractivity contribution in [3.8, 4) is 22.8 Å². The molecule has 4 rings (SSSR count). The fourth-order valence-corrected chi connectivity index (χ4v) is 2.85. The third kappa shape index (κ3) is 4.11. The van der Waals surface area contributed by atoms with Crippen LogP contribution in [0.1, 0.15) is 19.8 Å². The number of hydrogen-bond acceptors (Lipinski definition) is 6. The lowest BCUT2D eigenvalue weighted by molar-refractivity contribution is 0.174. The molecule has 0 spiro atoms. The molecule has 2 heterocycles. The van der Waals surface area contributed by atoms with Crippen molar-refractivity contribution in [1.82, 2.24) is 9.97 Å². The molecule has 1 aromatic heterocycles. The zero-order chi connectivity index (χ0) is 18.5. The van der Waals surface area contributed by atoms with E-state index in [1.54, 1.807) is 0 Å². The van der Waals surface area contributed by atoms with Crippen molar-refractivity contribution in [3.63, 3.8) is 0 Å². The molecule has 6 heteroatoms. The van der Waals surface area contributed by atoms with Crippen LogP contribution in [0, 0.1) is 0 Å². The molecule has 27 heavy (non-hydrogen) atoms. The second-order valence-electron chi connectivity index (χ2n) is 6.30. The highest BCUT2D eigenvalue weighted by Crippen LogP contribution is 2.35. The molecular weight excluding hydrogens is 340 g/mol. The Morgan fingerprint density at radius 3 is 2.67 bits per heavy atom. The SMILES string of the molecule is CCCCNc1cc(-c2ccccc2)nc(Nc2ccc3c(c2)OCO3)n1. The second-order valence-corrected chi connectivity index (χ2v) is 6.30. The van der Waals surface area contributed by atoms with Gasteiger partial charge in [-0.05, 0) is 18.6 Å². The third-order valence-electron chi connectivity index (χ3n) is 4.26. The van der Waals surface area contributed by atoms with Gasteiger partial charge in [0.05, 0.1) is 5.69 Å². The van der Waals surface area contributed by atoms with Gasteiger partial charge in [-0.1, -0.05) is 43.7 Å². The van der Waals surface area contributed by atoms with Crippen LogP contribution in [0.4, 0.5) is 17.5 Å². The Morgan fingerprint density at radius 2 is 1.81 bits per heavy atom. The van der Waals surface area contributed by atoms with Gasteiger partial charge >= 0.3 is 0 Å². The number of anilines is 3. The molecule has 3 aromatic rings. The standard InChI is InChI=1S/C21H22N4O2/c1-2-3-11-22-20-13-17(15-7-5-4-6-8-15)24-21(25-20)23-16-9-10-18-19(12-16)27-14-26-18/h4-10,12-13H,2-3,11,14H2,1H3,(H2,22,23,24,25). The van der Waals surface area contributed by atoms with Crippen LogP contribution in [0.15, 0.2) is 54.6 Å². The van der Waals surface area contributed by atoms with Crippen LogP contribution in [-0.2, 0) is 0 Å². The Hall–Kier alpha value is -3.28. The lowest BCUT2D eigenvalue weighted by atomic mass is 10.1. The van der Waals surface area contributed by atoms with Gasteiger partial charge in [0.2, 0.25) is 12.7 Å². The Kier molecular flexibility index (Phi) is 5.05. The first kappa shape index (κ1) is 17.1. The lowest BCUT2D eigenvalue weighted by Gasteiger charge is -2.12. The lowest BCUT2D eigenvalue weighted by Crippen LogP contribution is -2.06. The summed E-state index contributed by atoms with van der Waals surface area (Å²) < 4.78 is 10.8. The first-order chi connectivity index (χ1) is 13.3. The molecule has 0 aliphatic carbocycles. The molecule has 0 fully saturated rings. The number of aromatic nitrogens is 2. The predicted molar refractivity (Wildman–Crippen MR) is 107 cm³/mol. The molecule has 2 aromatic carbocycles. The van der Waals surface area contributed by atoms with Gasteiger partial charge < -0.3 is 20.1 Å². The minimum Gasteiger partial charge on any atom is -0.454 e. The van der Waals surface area contributed by atoms with Crippen LogP contribution in [-0.4, -0.2) is 23.3 Å². The average molecular weight is 362 g/mol. The highest BCUT2D eigenvalue weighted by Gasteiger charge is 2.14. The van der Waals surface area contributed by atoms with Gasteiger partial charge in [0.1, 0.15) is 5.82 Å². The first-order valence-corrected chi connectivity index (χ1v) is 9.17. The van der Waals surface area contributed by atoms with E-state index in [1.807, 2.05) is 54.6 Å². The van der Waals surface area contributed by atoms with Crippen molar-refractivity contribution in [1.29, 1.82) is 0 Å². The van der Waals surface area contributed by atoms with Crippen molar-refractivity contribution in [2.45, 2.75) is 19.8 Å². The maximum atomic E-state index is 5.44. The zero-order valence-electron chi connectivity index (χ0n) is 15.2. The molecule has 6 nitrogen and oxygen atoms in total. The zero-order valence-corrected chi connectivity index (χ0v) is 15.2. The van der Waals surface area contributed by atoms with E-state index in [0.717, 1.165) is 53.6 Å². The van der Waals surface area contributed by atoms with E-state index in [1.165, 1.54) is 0 Å². The van der Waals surface area contributed by atoms with Crippen molar-refractivity contribution >= 4 is 17.5 Å². The number of fused-ring (bicyclic) bond motifs is 1. The Balaban J connectivity index is 1.63. The van der Waals surface area contributed by atoms with E-state index >= 15 is 0 Å². The van der Waals surface area contributed by atoms with E-state index in [0.29, 0.717) is 5.95 Å². The van der Waals surface area contributed by atoms with Crippen LogP contribution >= 0.6 is 0 Å². The summed E-state index contributed by atoms with van der Waals surface area (Å²) in [6.45, 7) is 3.30. The molecule has 0 radical (unpaired) electrons. The number of benzene rings is 2. The molecule has 2 N–H and O–H groups in total. The van der Waals surface area contributed by atoms with Crippen LogP contribution in [0.25, 0.3) is 11.3 Å². The number of hydrogen-bond donors (Lipinski definition) is 2. The van der Waals surface area contributed by atoms with E-state index in [4.69, 9.17) is 9.47 Å². The summed E-state index contributed by atoms with van der Waals surface area (Å²) in [4.78, 5) is 9.30. The Labute approximate surface area is 158 Å². The highest BCUT2D eigenvalue weighted by molar-refractivity contribution is 5.67. The van der Waals surface area contributed by atoms with Gasteiger partial charge in [-0.25, -0.2) is 4.98 Å². The number of unbranched alkanes of at least 4 members (excludes halogenated alkanes) is 1. The van der Waals surface area contributed by atoms with Crippen LogP contribution < -0.4 is 20.1 Å². The Morgan fingerprint density at radius 1 is 0.963 bits per heavy atom. The second kappa shape index (κ2) is 7.95. The summed E-state index contributed by atoms with van der Waals surface area (Å²) in [6.07, 6.45) is 2.22. The van der Waals surface area contributed by atoms with Crippen LogP contribution in [0.5, 0.6) is 11.5 Å². The van der Waals surface area contributed by atoms with Crippen LogP contribution in [0.2, 0.25) is 0 Å². The molecule has 1 aliphatic heterocycles. The summed E-state index contributed by atoms with van der Waals surface area (Å²) in [5, 5.41) is 6.66. The monoisotopic (exact) mass is 362 g/mol. The average Bonchev–Trinajstić information content (AvgIpc) is 3.17. The molecular formula is C21H22N4O2. The van der Waals surface area contributed by atoms with E-state index in [2.05, 4.69) is 27.5 Å². The number of nitrogens with zero attached hydrogens (tertiary/aromatic N) is 2. The Bertz CT molecular complexity index is 915. The summed E-state index contributed by atoms with van der Waals surface area (Å²) in [5.41, 5.74) is 2.77. The highest BCUT2D eigenvalue weighted by atomic mass is 16.7. The summed E-state index contributed by atoms with van der Waals surface area (Å²) in [6, 6.07) is 17.8. The summed E-state index contributed by atoms with van der Waals surface area (Å²) in [5.74, 6) is 2.82. The van der Waals surface area contributed by atoms with E-state index < -0.39 is 0 Å². The van der Waals surface area contributed by atoms with E-state index in [9.17, 15) is 0 Å².